The minimum absolute atomic E-state index is 0.0440. The maximum atomic E-state index is 10.9. The molecule has 4 heteroatoms. The van der Waals surface area contributed by atoms with Gasteiger partial charge >= 0.3 is 0 Å². The van der Waals surface area contributed by atoms with Crippen LogP contribution in [0.3, 0.4) is 0 Å². The summed E-state index contributed by atoms with van der Waals surface area (Å²) in [5.41, 5.74) is 0. The second kappa shape index (κ2) is 4.51. The summed E-state index contributed by atoms with van der Waals surface area (Å²) in [4.78, 5) is 0. The van der Waals surface area contributed by atoms with Crippen molar-refractivity contribution in [3.05, 3.63) is 12.7 Å². The van der Waals surface area contributed by atoms with E-state index in [4.69, 9.17) is 0 Å². The smallest absolute Gasteiger partial charge is 0.211 e. The van der Waals surface area contributed by atoms with E-state index in [1.165, 1.54) is 0 Å². The highest BCUT2D eigenvalue weighted by molar-refractivity contribution is 7.89. The summed E-state index contributed by atoms with van der Waals surface area (Å²) in [7, 11) is -3.04. The van der Waals surface area contributed by atoms with E-state index >= 15 is 0 Å². The molecular weight excluding hydrogens is 162 g/mol. The van der Waals surface area contributed by atoms with Gasteiger partial charge in [-0.1, -0.05) is 6.08 Å². The van der Waals surface area contributed by atoms with Crippen LogP contribution >= 0.6 is 0 Å². The van der Waals surface area contributed by atoms with Crippen LogP contribution in [0.15, 0.2) is 12.7 Å². The molecular formula is C7H15NO2S. The van der Waals surface area contributed by atoms with Crippen LogP contribution in [0.25, 0.3) is 0 Å². The number of hydrogen-bond donors (Lipinski definition) is 1. The van der Waals surface area contributed by atoms with E-state index in [0.717, 1.165) is 0 Å². The zero-order chi connectivity index (χ0) is 8.91. The number of sulfonamides is 1. The van der Waals surface area contributed by atoms with E-state index in [1.807, 2.05) is 6.92 Å². The first-order valence-electron chi connectivity index (χ1n) is 3.62. The molecule has 0 bridgehead atoms. The predicted octanol–water partition coefficient (Wildman–Crippen LogP) is 0.890. The third-order valence-electron chi connectivity index (χ3n) is 1.28. The van der Waals surface area contributed by atoms with Gasteiger partial charge in [-0.25, -0.2) is 13.1 Å². The third kappa shape index (κ3) is 4.98. The SMILES string of the molecule is C=CCC(C)NS(=O)(=O)CC. The molecule has 1 N–H and O–H groups in total. The van der Waals surface area contributed by atoms with Crippen molar-refractivity contribution in [1.29, 1.82) is 0 Å². The van der Waals surface area contributed by atoms with E-state index in [9.17, 15) is 8.42 Å². The summed E-state index contributed by atoms with van der Waals surface area (Å²) in [6.07, 6.45) is 2.36. The fourth-order valence-electron chi connectivity index (χ4n) is 0.688. The standard InChI is InChI=1S/C7H15NO2S/c1-4-6-7(3)8-11(9,10)5-2/h4,7-8H,1,5-6H2,2-3H3. The van der Waals surface area contributed by atoms with Crippen LogP contribution in [-0.2, 0) is 10.0 Å². The van der Waals surface area contributed by atoms with Gasteiger partial charge in [0.05, 0.1) is 5.75 Å². The van der Waals surface area contributed by atoms with E-state index in [-0.39, 0.29) is 11.8 Å². The Morgan fingerprint density at radius 1 is 1.64 bits per heavy atom. The van der Waals surface area contributed by atoms with Crippen LogP contribution in [0.2, 0.25) is 0 Å². The Morgan fingerprint density at radius 3 is 2.55 bits per heavy atom. The van der Waals surface area contributed by atoms with Crippen molar-refractivity contribution in [1.82, 2.24) is 4.72 Å². The van der Waals surface area contributed by atoms with Crippen LogP contribution in [0.5, 0.6) is 0 Å². The van der Waals surface area contributed by atoms with E-state index in [2.05, 4.69) is 11.3 Å². The monoisotopic (exact) mass is 177 g/mol. The number of nitrogens with one attached hydrogen (secondary N) is 1. The lowest BCUT2D eigenvalue weighted by Crippen LogP contribution is -2.33. The van der Waals surface area contributed by atoms with E-state index in [1.54, 1.807) is 13.0 Å². The van der Waals surface area contributed by atoms with E-state index < -0.39 is 10.0 Å². The summed E-state index contributed by atoms with van der Waals surface area (Å²) in [6.45, 7) is 6.95. The lowest BCUT2D eigenvalue weighted by Gasteiger charge is -2.09. The Bertz CT molecular complexity index is 208. The quantitative estimate of drug-likeness (QED) is 0.634. The van der Waals surface area contributed by atoms with Gasteiger partial charge in [0.1, 0.15) is 0 Å². The summed E-state index contributed by atoms with van der Waals surface area (Å²) in [6, 6.07) is -0.0440. The molecule has 0 rings (SSSR count). The van der Waals surface area contributed by atoms with Gasteiger partial charge in [0, 0.05) is 6.04 Å². The topological polar surface area (TPSA) is 46.2 Å². The van der Waals surface area contributed by atoms with Crippen LogP contribution in [0, 0.1) is 0 Å². The van der Waals surface area contributed by atoms with Crippen molar-refractivity contribution in [3.63, 3.8) is 0 Å². The molecule has 66 valence electrons. The third-order valence-corrected chi connectivity index (χ3v) is 2.80. The van der Waals surface area contributed by atoms with Gasteiger partial charge in [0.25, 0.3) is 0 Å². The van der Waals surface area contributed by atoms with Crippen molar-refractivity contribution >= 4 is 10.0 Å². The second-order valence-electron chi connectivity index (χ2n) is 2.45. The molecule has 0 aliphatic rings. The molecule has 3 nitrogen and oxygen atoms in total. The van der Waals surface area contributed by atoms with Gasteiger partial charge < -0.3 is 0 Å². The Kier molecular flexibility index (Phi) is 4.37. The minimum Gasteiger partial charge on any atom is -0.212 e. The average Bonchev–Trinajstić information content (AvgIpc) is 1.87. The molecule has 0 heterocycles. The Hall–Kier alpha value is -0.350. The largest absolute Gasteiger partial charge is 0.212 e. The molecule has 0 aliphatic heterocycles. The highest BCUT2D eigenvalue weighted by Gasteiger charge is 2.09. The summed E-state index contributed by atoms with van der Waals surface area (Å²) in [5, 5.41) is 0. The van der Waals surface area contributed by atoms with Crippen molar-refractivity contribution in [3.8, 4) is 0 Å². The van der Waals surface area contributed by atoms with Gasteiger partial charge in [-0.2, -0.15) is 0 Å². The van der Waals surface area contributed by atoms with Crippen molar-refractivity contribution in [2.45, 2.75) is 26.3 Å². The molecule has 0 aliphatic carbocycles. The zero-order valence-electron chi connectivity index (χ0n) is 7.00. The van der Waals surface area contributed by atoms with Gasteiger partial charge in [-0.05, 0) is 20.3 Å². The highest BCUT2D eigenvalue weighted by Crippen LogP contribution is 1.94. The Morgan fingerprint density at radius 2 is 2.18 bits per heavy atom. The first kappa shape index (κ1) is 10.7. The maximum absolute atomic E-state index is 10.9. The van der Waals surface area contributed by atoms with Crippen LogP contribution in [0.4, 0.5) is 0 Å². The van der Waals surface area contributed by atoms with Crippen molar-refractivity contribution < 1.29 is 8.42 Å². The van der Waals surface area contributed by atoms with Crippen molar-refractivity contribution in [2.24, 2.45) is 0 Å². The van der Waals surface area contributed by atoms with Crippen LogP contribution in [-0.4, -0.2) is 20.2 Å². The maximum Gasteiger partial charge on any atom is 0.211 e. The molecule has 0 spiro atoms. The molecule has 0 aromatic heterocycles. The lowest BCUT2D eigenvalue weighted by molar-refractivity contribution is 0.563. The fraction of sp³-hybridized carbons (Fsp3) is 0.714. The first-order valence-corrected chi connectivity index (χ1v) is 5.28. The van der Waals surface area contributed by atoms with Gasteiger partial charge in [0.15, 0.2) is 0 Å². The number of rotatable bonds is 5. The first-order chi connectivity index (χ1) is 5.02. The normalized spacial score (nSPS) is 14.4. The van der Waals surface area contributed by atoms with Crippen LogP contribution < -0.4 is 4.72 Å². The number of hydrogen-bond acceptors (Lipinski definition) is 2. The molecule has 0 radical (unpaired) electrons. The summed E-state index contributed by atoms with van der Waals surface area (Å²) < 4.78 is 24.4. The average molecular weight is 177 g/mol. The Labute approximate surface area is 68.5 Å². The molecule has 0 saturated heterocycles. The predicted molar refractivity (Wildman–Crippen MR) is 46.9 cm³/mol. The molecule has 0 aromatic carbocycles. The molecule has 0 saturated carbocycles. The Balaban J connectivity index is 3.93. The zero-order valence-corrected chi connectivity index (χ0v) is 7.82. The van der Waals surface area contributed by atoms with Gasteiger partial charge in [-0.15, -0.1) is 6.58 Å². The summed E-state index contributed by atoms with van der Waals surface area (Å²) in [5.74, 6) is 0.133. The van der Waals surface area contributed by atoms with Crippen molar-refractivity contribution in [2.75, 3.05) is 5.75 Å². The summed E-state index contributed by atoms with van der Waals surface area (Å²) >= 11 is 0. The lowest BCUT2D eigenvalue weighted by atomic mass is 10.3. The van der Waals surface area contributed by atoms with Gasteiger partial charge in [-0.3, -0.25) is 0 Å². The fourth-order valence-corrected chi connectivity index (χ4v) is 1.56. The molecule has 11 heavy (non-hydrogen) atoms. The van der Waals surface area contributed by atoms with Crippen LogP contribution in [0.1, 0.15) is 20.3 Å². The highest BCUT2D eigenvalue weighted by atomic mass is 32.2. The van der Waals surface area contributed by atoms with E-state index in [0.29, 0.717) is 6.42 Å². The molecule has 0 fully saturated rings. The molecule has 0 aromatic rings. The second-order valence-corrected chi connectivity index (χ2v) is 4.49. The molecule has 0 amide bonds. The minimum atomic E-state index is -3.04. The molecule has 1 unspecified atom stereocenters. The van der Waals surface area contributed by atoms with Gasteiger partial charge in [0.2, 0.25) is 10.0 Å². The molecule has 1 atom stereocenters.